The van der Waals surface area contributed by atoms with Crippen LogP contribution in [0.25, 0.3) is 0 Å². The van der Waals surface area contributed by atoms with Crippen LogP contribution < -0.4 is 0 Å². The lowest BCUT2D eigenvalue weighted by Crippen LogP contribution is -2.38. The summed E-state index contributed by atoms with van der Waals surface area (Å²) in [6.45, 7) is 6.33. The van der Waals surface area contributed by atoms with Gasteiger partial charge in [0.1, 0.15) is 11.4 Å². The highest BCUT2D eigenvalue weighted by Crippen LogP contribution is 2.34. The van der Waals surface area contributed by atoms with E-state index in [2.05, 4.69) is 19.6 Å². The first kappa shape index (κ1) is 15.0. The van der Waals surface area contributed by atoms with Crippen LogP contribution in [0.5, 0.6) is 0 Å². The van der Waals surface area contributed by atoms with Gasteiger partial charge in [-0.1, -0.05) is 37.3 Å². The molecule has 0 bridgehead atoms. The van der Waals surface area contributed by atoms with E-state index in [0.717, 1.165) is 0 Å². The van der Waals surface area contributed by atoms with Crippen LogP contribution in [0.2, 0.25) is 30.7 Å². The third-order valence-corrected chi connectivity index (χ3v) is 4.80. The van der Waals surface area contributed by atoms with Gasteiger partial charge in [0.15, 0.2) is 0 Å². The van der Waals surface area contributed by atoms with E-state index in [0.29, 0.717) is 11.1 Å². The van der Waals surface area contributed by atoms with Gasteiger partial charge in [0.2, 0.25) is 0 Å². The van der Waals surface area contributed by atoms with Gasteiger partial charge in [-0.25, -0.2) is 4.39 Å². The fraction of sp³-hybridized carbons (Fsp3) is 0.500. The second-order valence-electron chi connectivity index (χ2n) is 5.53. The summed E-state index contributed by atoms with van der Waals surface area (Å²) in [7, 11) is -1.57. The Bertz CT molecular complexity index is 406. The second-order valence-corrected chi connectivity index (χ2v) is 11.7. The molecule has 0 aliphatic rings. The molecule has 17 heavy (non-hydrogen) atoms. The van der Waals surface area contributed by atoms with Crippen molar-refractivity contribution in [2.24, 2.45) is 0 Å². The summed E-state index contributed by atoms with van der Waals surface area (Å²) < 4.78 is 13.8. The van der Waals surface area contributed by atoms with E-state index in [9.17, 15) is 9.50 Å². The molecule has 1 rings (SSSR count). The van der Waals surface area contributed by atoms with Gasteiger partial charge >= 0.3 is 0 Å². The number of alkyl halides is 1. The van der Waals surface area contributed by atoms with Crippen LogP contribution in [0.15, 0.2) is 18.2 Å². The molecule has 5 heteroatoms. The molecule has 1 atom stereocenters. The number of rotatable bonds is 4. The van der Waals surface area contributed by atoms with Gasteiger partial charge in [-0.05, 0) is 18.2 Å². The Balaban J connectivity index is 3.16. The van der Waals surface area contributed by atoms with Crippen LogP contribution in [-0.2, 0) is 5.60 Å². The van der Waals surface area contributed by atoms with Crippen molar-refractivity contribution >= 4 is 31.3 Å². The molecule has 1 N–H and O–H groups in total. The quantitative estimate of drug-likeness (QED) is 0.650. The number of hydrogen-bond donors (Lipinski definition) is 1. The van der Waals surface area contributed by atoms with Gasteiger partial charge in [-0.2, -0.15) is 0 Å². The lowest BCUT2D eigenvalue weighted by atomic mass is 9.97. The number of hydrogen-bond acceptors (Lipinski definition) is 1. The maximum atomic E-state index is 13.8. The first-order valence-corrected chi connectivity index (χ1v) is 10.0. The first-order chi connectivity index (χ1) is 7.68. The summed E-state index contributed by atoms with van der Waals surface area (Å²) in [4.78, 5) is 0. The maximum Gasteiger partial charge on any atom is 0.130 e. The van der Waals surface area contributed by atoms with Gasteiger partial charge in [-0.3, -0.25) is 0 Å². The Morgan fingerprint density at radius 3 is 2.35 bits per heavy atom. The van der Waals surface area contributed by atoms with E-state index in [1.807, 2.05) is 0 Å². The van der Waals surface area contributed by atoms with Gasteiger partial charge in [0.05, 0.1) is 5.88 Å². The standard InChI is InChI=1S/C12H17Cl2FOSi/c1-17(2,3)8-12(16,7-13)10-5-4-9(14)6-11(10)15/h4-6,16H,7-8H2,1-3H3. The highest BCUT2D eigenvalue weighted by Gasteiger charge is 2.36. The summed E-state index contributed by atoms with van der Waals surface area (Å²) in [5.74, 6) is -0.519. The molecule has 96 valence electrons. The smallest absolute Gasteiger partial charge is 0.130 e. The Kier molecular flexibility index (Phi) is 4.64. The molecule has 1 nitrogen and oxygen atoms in total. The van der Waals surface area contributed by atoms with Crippen molar-refractivity contribution < 1.29 is 9.50 Å². The van der Waals surface area contributed by atoms with Gasteiger partial charge in [0, 0.05) is 18.7 Å². The fourth-order valence-corrected chi connectivity index (χ4v) is 4.58. The molecule has 0 aliphatic carbocycles. The summed E-state index contributed by atoms with van der Waals surface area (Å²) in [6.07, 6.45) is 0. The van der Waals surface area contributed by atoms with E-state index in [4.69, 9.17) is 23.2 Å². The topological polar surface area (TPSA) is 20.2 Å². The van der Waals surface area contributed by atoms with Crippen molar-refractivity contribution in [1.29, 1.82) is 0 Å². The minimum atomic E-state index is -1.57. The first-order valence-electron chi connectivity index (χ1n) is 5.42. The molecule has 0 aliphatic heterocycles. The average Bonchev–Trinajstić information content (AvgIpc) is 2.14. The largest absolute Gasteiger partial charge is 0.384 e. The normalized spacial score (nSPS) is 15.7. The summed E-state index contributed by atoms with van der Waals surface area (Å²) in [5, 5.41) is 10.8. The Hall–Kier alpha value is -0.0931. The second kappa shape index (κ2) is 5.27. The molecular weight excluding hydrogens is 278 g/mol. The fourth-order valence-electron chi connectivity index (χ4n) is 1.96. The predicted molar refractivity (Wildman–Crippen MR) is 74.2 cm³/mol. The van der Waals surface area contributed by atoms with E-state index in [1.54, 1.807) is 6.07 Å². The maximum absolute atomic E-state index is 13.8. The number of aliphatic hydroxyl groups is 1. The molecule has 0 saturated heterocycles. The monoisotopic (exact) mass is 294 g/mol. The molecule has 1 aromatic rings. The third kappa shape index (κ3) is 3.95. The van der Waals surface area contributed by atoms with Crippen molar-refractivity contribution in [3.05, 3.63) is 34.6 Å². The molecular formula is C12H17Cl2FOSi. The minimum Gasteiger partial charge on any atom is -0.384 e. The minimum absolute atomic E-state index is 0.0180. The van der Waals surface area contributed by atoms with Crippen LogP contribution in [0.1, 0.15) is 5.56 Å². The molecule has 0 radical (unpaired) electrons. The molecule has 0 aromatic heterocycles. The predicted octanol–water partition coefficient (Wildman–Crippen LogP) is 4.24. The highest BCUT2D eigenvalue weighted by molar-refractivity contribution is 6.76. The van der Waals surface area contributed by atoms with E-state index < -0.39 is 19.5 Å². The van der Waals surface area contributed by atoms with Gasteiger partial charge in [0.25, 0.3) is 0 Å². The lowest BCUT2D eigenvalue weighted by Gasteiger charge is -2.32. The van der Waals surface area contributed by atoms with Gasteiger partial charge in [-0.15, -0.1) is 11.6 Å². The third-order valence-electron chi connectivity index (χ3n) is 2.48. The lowest BCUT2D eigenvalue weighted by molar-refractivity contribution is 0.0768. The van der Waals surface area contributed by atoms with E-state index in [1.165, 1.54) is 12.1 Å². The van der Waals surface area contributed by atoms with Crippen LogP contribution in [-0.4, -0.2) is 19.1 Å². The molecule has 0 spiro atoms. The van der Waals surface area contributed by atoms with E-state index >= 15 is 0 Å². The zero-order valence-corrected chi connectivity index (χ0v) is 12.7. The molecule has 1 unspecified atom stereocenters. The number of halogens is 3. The molecule has 0 heterocycles. The number of benzene rings is 1. The summed E-state index contributed by atoms with van der Waals surface area (Å²) in [5.41, 5.74) is -1.07. The van der Waals surface area contributed by atoms with E-state index in [-0.39, 0.29) is 11.4 Å². The zero-order chi connectivity index (χ0) is 13.3. The van der Waals surface area contributed by atoms with Crippen LogP contribution in [0.4, 0.5) is 4.39 Å². The molecule has 1 aromatic carbocycles. The molecule has 0 fully saturated rings. The summed E-state index contributed by atoms with van der Waals surface area (Å²) >= 11 is 11.5. The Labute approximate surface area is 113 Å². The van der Waals surface area contributed by atoms with Crippen LogP contribution in [0.3, 0.4) is 0 Å². The Morgan fingerprint density at radius 2 is 1.94 bits per heavy atom. The summed E-state index contributed by atoms with van der Waals surface area (Å²) in [6, 6.07) is 4.81. The van der Waals surface area contributed by atoms with Crippen molar-refractivity contribution in [3.63, 3.8) is 0 Å². The average molecular weight is 295 g/mol. The van der Waals surface area contributed by atoms with Crippen molar-refractivity contribution in [1.82, 2.24) is 0 Å². The van der Waals surface area contributed by atoms with Crippen LogP contribution >= 0.6 is 23.2 Å². The molecule has 0 amide bonds. The van der Waals surface area contributed by atoms with Crippen molar-refractivity contribution in [2.45, 2.75) is 31.3 Å². The van der Waals surface area contributed by atoms with Crippen molar-refractivity contribution in [2.75, 3.05) is 5.88 Å². The highest BCUT2D eigenvalue weighted by atomic mass is 35.5. The zero-order valence-electron chi connectivity index (χ0n) is 10.2. The Morgan fingerprint density at radius 1 is 1.35 bits per heavy atom. The van der Waals surface area contributed by atoms with Gasteiger partial charge < -0.3 is 5.11 Å². The SMILES string of the molecule is C[Si](C)(C)CC(O)(CCl)c1ccc(Cl)cc1F. The molecule has 0 saturated carbocycles. The van der Waals surface area contributed by atoms with Crippen LogP contribution in [0, 0.1) is 5.82 Å². The van der Waals surface area contributed by atoms with Crippen molar-refractivity contribution in [3.8, 4) is 0 Å².